The number of rotatable bonds is 2. The van der Waals surface area contributed by atoms with Crippen LogP contribution in [-0.4, -0.2) is 15.1 Å². The van der Waals surface area contributed by atoms with Crippen LogP contribution in [0.4, 0.5) is 0 Å². The van der Waals surface area contributed by atoms with Gasteiger partial charge < -0.3 is 5.11 Å². The van der Waals surface area contributed by atoms with Crippen LogP contribution in [0.25, 0.3) is 0 Å². The molecule has 1 heterocycles. The summed E-state index contributed by atoms with van der Waals surface area (Å²) in [7, 11) is 0. The van der Waals surface area contributed by atoms with E-state index in [9.17, 15) is 5.11 Å². The summed E-state index contributed by atoms with van der Waals surface area (Å²) in [6, 6.07) is 0. The van der Waals surface area contributed by atoms with Crippen molar-refractivity contribution in [1.29, 1.82) is 0 Å². The van der Waals surface area contributed by atoms with Gasteiger partial charge in [0.05, 0.1) is 6.10 Å². The van der Waals surface area contributed by atoms with Gasteiger partial charge in [-0.15, -0.1) is 0 Å². The maximum Gasteiger partial charge on any atom is 0.131 e. The summed E-state index contributed by atoms with van der Waals surface area (Å²) in [5, 5.41) is 9.61. The second kappa shape index (κ2) is 6.28. The van der Waals surface area contributed by atoms with Gasteiger partial charge in [-0.05, 0) is 26.7 Å². The molecule has 0 aromatic carbocycles. The second-order valence-corrected chi connectivity index (χ2v) is 5.49. The molecule has 3 nitrogen and oxygen atoms in total. The Kier molecular flexibility index (Phi) is 4.70. The normalized spacial score (nSPS) is 20.2. The molecule has 0 bridgehead atoms. The fourth-order valence-electron chi connectivity index (χ4n) is 2.82. The van der Waals surface area contributed by atoms with E-state index in [1.807, 2.05) is 6.92 Å². The molecule has 0 aliphatic heterocycles. The molecule has 1 aromatic rings. The highest BCUT2D eigenvalue weighted by molar-refractivity contribution is 5.19. The van der Waals surface area contributed by atoms with Crippen molar-refractivity contribution in [3.05, 3.63) is 23.3 Å². The highest BCUT2D eigenvalue weighted by atomic mass is 16.3. The molecule has 1 aromatic heterocycles. The maximum absolute atomic E-state index is 9.61. The summed E-state index contributed by atoms with van der Waals surface area (Å²) in [5.74, 6) is 1.51. The SMILES string of the molecule is Cc1nc(C2CCCCCCC2)ncc1[C@H](C)O. The predicted octanol–water partition coefficient (Wildman–Crippen LogP) is 3.67. The Morgan fingerprint density at radius 3 is 2.33 bits per heavy atom. The monoisotopic (exact) mass is 248 g/mol. The average Bonchev–Trinajstić information content (AvgIpc) is 2.27. The summed E-state index contributed by atoms with van der Waals surface area (Å²) < 4.78 is 0. The van der Waals surface area contributed by atoms with Gasteiger partial charge in [-0.3, -0.25) is 0 Å². The Balaban J connectivity index is 2.14. The summed E-state index contributed by atoms with van der Waals surface area (Å²) in [6.07, 6.45) is 10.4. The van der Waals surface area contributed by atoms with E-state index in [0.29, 0.717) is 5.92 Å². The minimum Gasteiger partial charge on any atom is -0.389 e. The molecule has 1 aliphatic rings. The van der Waals surface area contributed by atoms with Crippen LogP contribution in [0.1, 0.15) is 81.0 Å². The quantitative estimate of drug-likeness (QED) is 0.868. The maximum atomic E-state index is 9.61. The van der Waals surface area contributed by atoms with Gasteiger partial charge in [0, 0.05) is 23.4 Å². The van der Waals surface area contributed by atoms with Gasteiger partial charge in [0.25, 0.3) is 0 Å². The van der Waals surface area contributed by atoms with Gasteiger partial charge in [-0.25, -0.2) is 9.97 Å². The van der Waals surface area contributed by atoms with Crippen molar-refractivity contribution in [2.24, 2.45) is 0 Å². The number of aliphatic hydroxyl groups excluding tert-OH is 1. The van der Waals surface area contributed by atoms with E-state index in [1.54, 1.807) is 13.1 Å². The van der Waals surface area contributed by atoms with Crippen molar-refractivity contribution >= 4 is 0 Å². The molecule has 1 fully saturated rings. The minimum atomic E-state index is -0.476. The van der Waals surface area contributed by atoms with Crippen molar-refractivity contribution in [2.45, 2.75) is 70.8 Å². The molecule has 3 heteroatoms. The topological polar surface area (TPSA) is 46.0 Å². The van der Waals surface area contributed by atoms with Crippen LogP contribution >= 0.6 is 0 Å². The molecular formula is C15H24N2O. The minimum absolute atomic E-state index is 0.476. The van der Waals surface area contributed by atoms with Gasteiger partial charge in [0.2, 0.25) is 0 Å². The molecule has 1 atom stereocenters. The van der Waals surface area contributed by atoms with Crippen molar-refractivity contribution in [3.8, 4) is 0 Å². The Labute approximate surface area is 110 Å². The number of aromatic nitrogens is 2. The van der Waals surface area contributed by atoms with E-state index >= 15 is 0 Å². The van der Waals surface area contributed by atoms with Crippen LogP contribution in [0, 0.1) is 6.92 Å². The van der Waals surface area contributed by atoms with E-state index in [1.165, 1.54) is 44.9 Å². The van der Waals surface area contributed by atoms with Gasteiger partial charge in [-0.2, -0.15) is 0 Å². The fourth-order valence-corrected chi connectivity index (χ4v) is 2.82. The number of nitrogens with zero attached hydrogens (tertiary/aromatic N) is 2. The van der Waals surface area contributed by atoms with E-state index in [-0.39, 0.29) is 0 Å². The summed E-state index contributed by atoms with van der Waals surface area (Å²) in [6.45, 7) is 3.73. The van der Waals surface area contributed by atoms with Crippen LogP contribution in [0.3, 0.4) is 0 Å². The second-order valence-electron chi connectivity index (χ2n) is 5.49. The van der Waals surface area contributed by atoms with Crippen molar-refractivity contribution in [1.82, 2.24) is 9.97 Å². The highest BCUT2D eigenvalue weighted by Gasteiger charge is 2.17. The van der Waals surface area contributed by atoms with Gasteiger partial charge >= 0.3 is 0 Å². The van der Waals surface area contributed by atoms with Crippen molar-refractivity contribution in [3.63, 3.8) is 0 Å². The number of hydrogen-bond donors (Lipinski definition) is 1. The molecule has 0 amide bonds. The molecule has 0 spiro atoms. The van der Waals surface area contributed by atoms with Crippen molar-refractivity contribution < 1.29 is 5.11 Å². The first-order chi connectivity index (χ1) is 8.68. The average molecular weight is 248 g/mol. The summed E-state index contributed by atoms with van der Waals surface area (Å²) >= 11 is 0. The fraction of sp³-hybridized carbons (Fsp3) is 0.733. The number of aryl methyl sites for hydroxylation is 1. The first-order valence-corrected chi connectivity index (χ1v) is 7.20. The third-order valence-electron chi connectivity index (χ3n) is 3.96. The molecular weight excluding hydrogens is 224 g/mol. The van der Waals surface area contributed by atoms with Crippen LogP contribution in [0.2, 0.25) is 0 Å². The van der Waals surface area contributed by atoms with Gasteiger partial charge in [-0.1, -0.05) is 32.1 Å². The number of aliphatic hydroxyl groups is 1. The predicted molar refractivity (Wildman–Crippen MR) is 72.5 cm³/mol. The Morgan fingerprint density at radius 1 is 1.17 bits per heavy atom. The largest absolute Gasteiger partial charge is 0.389 e. The molecule has 0 saturated heterocycles. The Morgan fingerprint density at radius 2 is 1.78 bits per heavy atom. The lowest BCUT2D eigenvalue weighted by Crippen LogP contribution is -2.10. The molecule has 1 saturated carbocycles. The molecule has 1 N–H and O–H groups in total. The van der Waals surface area contributed by atoms with Crippen LogP contribution in [-0.2, 0) is 0 Å². The number of hydrogen-bond acceptors (Lipinski definition) is 3. The Hall–Kier alpha value is -0.960. The van der Waals surface area contributed by atoms with Crippen LogP contribution < -0.4 is 0 Å². The Bertz CT molecular complexity index is 382. The standard InChI is InChI=1S/C15H24N2O/c1-11-14(12(2)18)10-16-15(17-11)13-8-6-4-3-5-7-9-13/h10,12-13,18H,3-9H2,1-2H3/t12-/m0/s1. The highest BCUT2D eigenvalue weighted by Crippen LogP contribution is 2.29. The molecule has 1 aliphatic carbocycles. The molecule has 0 radical (unpaired) electrons. The summed E-state index contributed by atoms with van der Waals surface area (Å²) in [5.41, 5.74) is 1.78. The first kappa shape index (κ1) is 13.5. The molecule has 2 rings (SSSR count). The molecule has 100 valence electrons. The third kappa shape index (κ3) is 3.29. The zero-order valence-electron chi connectivity index (χ0n) is 11.5. The zero-order valence-corrected chi connectivity index (χ0v) is 11.5. The van der Waals surface area contributed by atoms with E-state index in [2.05, 4.69) is 9.97 Å². The van der Waals surface area contributed by atoms with E-state index in [0.717, 1.165) is 17.1 Å². The smallest absolute Gasteiger partial charge is 0.131 e. The van der Waals surface area contributed by atoms with E-state index < -0.39 is 6.10 Å². The zero-order chi connectivity index (χ0) is 13.0. The lowest BCUT2D eigenvalue weighted by atomic mass is 9.90. The lowest BCUT2D eigenvalue weighted by Gasteiger charge is -2.19. The van der Waals surface area contributed by atoms with Crippen LogP contribution in [0.5, 0.6) is 0 Å². The van der Waals surface area contributed by atoms with E-state index in [4.69, 9.17) is 0 Å². The summed E-state index contributed by atoms with van der Waals surface area (Å²) in [4.78, 5) is 9.10. The lowest BCUT2D eigenvalue weighted by molar-refractivity contribution is 0.197. The van der Waals surface area contributed by atoms with Crippen molar-refractivity contribution in [2.75, 3.05) is 0 Å². The molecule has 18 heavy (non-hydrogen) atoms. The molecule has 0 unspecified atom stereocenters. The van der Waals surface area contributed by atoms with Gasteiger partial charge in [0.15, 0.2) is 0 Å². The third-order valence-corrected chi connectivity index (χ3v) is 3.96. The first-order valence-electron chi connectivity index (χ1n) is 7.20. The van der Waals surface area contributed by atoms with Crippen LogP contribution in [0.15, 0.2) is 6.20 Å². The van der Waals surface area contributed by atoms with Gasteiger partial charge in [0.1, 0.15) is 5.82 Å².